The third kappa shape index (κ3) is 3.22. The van der Waals surface area contributed by atoms with Crippen LogP contribution in [0.4, 0.5) is 0 Å². The van der Waals surface area contributed by atoms with Gasteiger partial charge in [0.15, 0.2) is 0 Å². The SMILES string of the molecule is CC(=O)NCC1CCCN(C)C1. The first kappa shape index (κ1) is 9.52. The van der Waals surface area contributed by atoms with E-state index in [9.17, 15) is 4.79 Å². The van der Waals surface area contributed by atoms with Crippen LogP contribution in [-0.2, 0) is 4.79 Å². The zero-order valence-corrected chi connectivity index (χ0v) is 7.97. The molecular weight excluding hydrogens is 152 g/mol. The average Bonchev–Trinajstić information content (AvgIpc) is 2.01. The van der Waals surface area contributed by atoms with Gasteiger partial charge in [0.1, 0.15) is 0 Å². The molecule has 1 saturated heterocycles. The maximum absolute atomic E-state index is 10.6. The molecule has 1 unspecified atom stereocenters. The Hall–Kier alpha value is -0.570. The normalized spacial score (nSPS) is 25.3. The molecule has 3 heteroatoms. The zero-order valence-electron chi connectivity index (χ0n) is 7.97. The fourth-order valence-corrected chi connectivity index (χ4v) is 1.73. The predicted molar refractivity (Wildman–Crippen MR) is 48.9 cm³/mol. The summed E-state index contributed by atoms with van der Waals surface area (Å²) in [6, 6.07) is 0. The molecule has 0 aromatic rings. The number of amides is 1. The number of rotatable bonds is 2. The minimum Gasteiger partial charge on any atom is -0.356 e. The van der Waals surface area contributed by atoms with E-state index in [4.69, 9.17) is 0 Å². The van der Waals surface area contributed by atoms with Crippen molar-refractivity contribution in [2.45, 2.75) is 19.8 Å². The van der Waals surface area contributed by atoms with E-state index in [1.807, 2.05) is 0 Å². The zero-order chi connectivity index (χ0) is 8.97. The summed E-state index contributed by atoms with van der Waals surface area (Å²) in [5.41, 5.74) is 0. The molecular formula is C9H18N2O. The number of hydrogen-bond donors (Lipinski definition) is 1. The van der Waals surface area contributed by atoms with E-state index in [0.29, 0.717) is 5.92 Å². The number of carbonyl (C=O) groups excluding carboxylic acids is 1. The smallest absolute Gasteiger partial charge is 0.216 e. The highest BCUT2D eigenvalue weighted by Gasteiger charge is 2.16. The van der Waals surface area contributed by atoms with E-state index in [0.717, 1.165) is 13.1 Å². The van der Waals surface area contributed by atoms with E-state index in [-0.39, 0.29) is 5.91 Å². The predicted octanol–water partition coefficient (Wildman–Crippen LogP) is 0.464. The first-order valence-corrected chi connectivity index (χ1v) is 4.61. The second-order valence-electron chi connectivity index (χ2n) is 3.71. The molecule has 1 aliphatic heterocycles. The Morgan fingerprint density at radius 2 is 2.42 bits per heavy atom. The minimum absolute atomic E-state index is 0.0863. The molecule has 1 fully saturated rings. The molecule has 1 heterocycles. The van der Waals surface area contributed by atoms with Gasteiger partial charge in [-0.2, -0.15) is 0 Å². The van der Waals surface area contributed by atoms with Crippen LogP contribution in [0.2, 0.25) is 0 Å². The topological polar surface area (TPSA) is 32.3 Å². The van der Waals surface area contributed by atoms with Crippen LogP contribution >= 0.6 is 0 Å². The largest absolute Gasteiger partial charge is 0.356 e. The molecule has 1 amide bonds. The number of nitrogens with zero attached hydrogens (tertiary/aromatic N) is 1. The minimum atomic E-state index is 0.0863. The van der Waals surface area contributed by atoms with Gasteiger partial charge < -0.3 is 10.2 Å². The maximum atomic E-state index is 10.6. The van der Waals surface area contributed by atoms with Gasteiger partial charge in [0, 0.05) is 20.0 Å². The second-order valence-corrected chi connectivity index (χ2v) is 3.71. The lowest BCUT2D eigenvalue weighted by Gasteiger charge is -2.29. The molecule has 0 bridgehead atoms. The van der Waals surface area contributed by atoms with Crippen molar-refractivity contribution in [1.29, 1.82) is 0 Å². The third-order valence-corrected chi connectivity index (χ3v) is 2.36. The van der Waals surface area contributed by atoms with Crippen molar-refractivity contribution in [2.24, 2.45) is 5.92 Å². The van der Waals surface area contributed by atoms with Crippen LogP contribution in [0.25, 0.3) is 0 Å². The van der Waals surface area contributed by atoms with Crippen molar-refractivity contribution in [1.82, 2.24) is 10.2 Å². The van der Waals surface area contributed by atoms with Crippen molar-refractivity contribution in [3.63, 3.8) is 0 Å². The summed E-state index contributed by atoms with van der Waals surface area (Å²) in [5.74, 6) is 0.746. The van der Waals surface area contributed by atoms with Crippen molar-refractivity contribution < 1.29 is 4.79 Å². The van der Waals surface area contributed by atoms with E-state index < -0.39 is 0 Å². The lowest BCUT2D eigenvalue weighted by atomic mass is 9.98. The Bertz CT molecular complexity index is 159. The quantitative estimate of drug-likeness (QED) is 0.653. The van der Waals surface area contributed by atoms with Crippen molar-refractivity contribution in [2.75, 3.05) is 26.7 Å². The van der Waals surface area contributed by atoms with Crippen LogP contribution in [0, 0.1) is 5.92 Å². The summed E-state index contributed by atoms with van der Waals surface area (Å²) in [6.07, 6.45) is 2.52. The summed E-state index contributed by atoms with van der Waals surface area (Å²) >= 11 is 0. The highest BCUT2D eigenvalue weighted by Crippen LogP contribution is 2.13. The Balaban J connectivity index is 2.18. The molecule has 0 aromatic carbocycles. The average molecular weight is 170 g/mol. The van der Waals surface area contributed by atoms with Gasteiger partial charge in [0.2, 0.25) is 5.91 Å². The molecule has 1 N–H and O–H groups in total. The van der Waals surface area contributed by atoms with Gasteiger partial charge in [-0.05, 0) is 32.4 Å². The van der Waals surface area contributed by atoms with E-state index in [1.54, 1.807) is 6.92 Å². The summed E-state index contributed by atoms with van der Waals surface area (Å²) in [7, 11) is 2.14. The Morgan fingerprint density at radius 3 is 3.00 bits per heavy atom. The molecule has 1 aliphatic rings. The number of nitrogens with one attached hydrogen (secondary N) is 1. The first-order valence-electron chi connectivity index (χ1n) is 4.61. The van der Waals surface area contributed by atoms with Gasteiger partial charge in [-0.15, -0.1) is 0 Å². The Morgan fingerprint density at radius 1 is 1.67 bits per heavy atom. The molecule has 12 heavy (non-hydrogen) atoms. The van der Waals surface area contributed by atoms with Gasteiger partial charge in [0.25, 0.3) is 0 Å². The van der Waals surface area contributed by atoms with Gasteiger partial charge in [-0.1, -0.05) is 0 Å². The van der Waals surface area contributed by atoms with Gasteiger partial charge in [-0.3, -0.25) is 4.79 Å². The molecule has 70 valence electrons. The standard InChI is InChI=1S/C9H18N2O/c1-8(12)10-6-9-4-3-5-11(2)7-9/h9H,3-7H2,1-2H3,(H,10,12). The highest BCUT2D eigenvalue weighted by molar-refractivity contribution is 5.72. The van der Waals surface area contributed by atoms with Gasteiger partial charge in [0.05, 0.1) is 0 Å². The number of hydrogen-bond acceptors (Lipinski definition) is 2. The van der Waals surface area contributed by atoms with Gasteiger partial charge in [-0.25, -0.2) is 0 Å². The Kier molecular flexibility index (Phi) is 3.53. The number of likely N-dealkylation sites (tertiary alicyclic amines) is 1. The fourth-order valence-electron chi connectivity index (χ4n) is 1.73. The molecule has 0 aromatic heterocycles. The summed E-state index contributed by atoms with van der Waals surface area (Å²) < 4.78 is 0. The van der Waals surface area contributed by atoms with Crippen molar-refractivity contribution >= 4 is 5.91 Å². The number of carbonyl (C=O) groups is 1. The van der Waals surface area contributed by atoms with Crippen LogP contribution < -0.4 is 5.32 Å². The van der Waals surface area contributed by atoms with E-state index in [1.165, 1.54) is 19.4 Å². The summed E-state index contributed by atoms with van der Waals surface area (Å²) in [6.45, 7) is 4.75. The molecule has 0 radical (unpaired) electrons. The van der Waals surface area contributed by atoms with Crippen LogP contribution in [0.5, 0.6) is 0 Å². The van der Waals surface area contributed by atoms with Crippen LogP contribution in [-0.4, -0.2) is 37.5 Å². The molecule has 1 atom stereocenters. The maximum Gasteiger partial charge on any atom is 0.216 e. The van der Waals surface area contributed by atoms with E-state index >= 15 is 0 Å². The lowest BCUT2D eigenvalue weighted by molar-refractivity contribution is -0.119. The monoisotopic (exact) mass is 170 g/mol. The van der Waals surface area contributed by atoms with Crippen molar-refractivity contribution in [3.8, 4) is 0 Å². The first-order chi connectivity index (χ1) is 5.68. The second kappa shape index (κ2) is 4.45. The van der Waals surface area contributed by atoms with Gasteiger partial charge >= 0.3 is 0 Å². The third-order valence-electron chi connectivity index (χ3n) is 2.36. The number of piperidine rings is 1. The van der Waals surface area contributed by atoms with Crippen LogP contribution in [0.3, 0.4) is 0 Å². The molecule has 0 spiro atoms. The molecule has 0 aliphatic carbocycles. The highest BCUT2D eigenvalue weighted by atomic mass is 16.1. The Labute approximate surface area is 74.1 Å². The fraction of sp³-hybridized carbons (Fsp3) is 0.889. The summed E-state index contributed by atoms with van der Waals surface area (Å²) in [5, 5.41) is 2.87. The lowest BCUT2D eigenvalue weighted by Crippen LogP contribution is -2.38. The van der Waals surface area contributed by atoms with Crippen LogP contribution in [0.15, 0.2) is 0 Å². The van der Waals surface area contributed by atoms with Crippen LogP contribution in [0.1, 0.15) is 19.8 Å². The molecule has 0 saturated carbocycles. The van der Waals surface area contributed by atoms with Crippen molar-refractivity contribution in [3.05, 3.63) is 0 Å². The summed E-state index contributed by atoms with van der Waals surface area (Å²) in [4.78, 5) is 13.0. The van der Waals surface area contributed by atoms with E-state index in [2.05, 4.69) is 17.3 Å². The molecule has 3 nitrogen and oxygen atoms in total. The molecule has 1 rings (SSSR count).